The highest BCUT2D eigenvalue weighted by Crippen LogP contribution is 2.23. The minimum absolute atomic E-state index is 0.000538. The molecule has 2 aliphatic rings. The summed E-state index contributed by atoms with van der Waals surface area (Å²) in [6.07, 6.45) is 3.34. The predicted molar refractivity (Wildman–Crippen MR) is 111 cm³/mol. The van der Waals surface area contributed by atoms with Crippen molar-refractivity contribution in [1.82, 2.24) is 15.1 Å². The zero-order valence-electron chi connectivity index (χ0n) is 16.6. The summed E-state index contributed by atoms with van der Waals surface area (Å²) in [5, 5.41) is 4.81. The average molecular weight is 393 g/mol. The summed E-state index contributed by atoms with van der Waals surface area (Å²) in [6, 6.07) is 13.7. The van der Waals surface area contributed by atoms with Crippen molar-refractivity contribution < 1.29 is 14.4 Å². The summed E-state index contributed by atoms with van der Waals surface area (Å²) in [5.41, 5.74) is 0.710. The molecule has 3 amide bonds. The van der Waals surface area contributed by atoms with Crippen molar-refractivity contribution in [3.8, 4) is 0 Å². The molecule has 4 rings (SSSR count). The highest BCUT2D eigenvalue weighted by molar-refractivity contribution is 6.07. The number of nitrogens with zero attached hydrogens (tertiary/aromatic N) is 2. The van der Waals surface area contributed by atoms with Gasteiger partial charge in [-0.1, -0.05) is 36.4 Å². The van der Waals surface area contributed by atoms with Crippen LogP contribution in [0.2, 0.25) is 0 Å². The van der Waals surface area contributed by atoms with Gasteiger partial charge in [0.15, 0.2) is 0 Å². The Kier molecular flexibility index (Phi) is 5.79. The molecule has 0 aromatic heterocycles. The number of piperidine rings is 1. The third-order valence-corrected chi connectivity index (χ3v) is 6.05. The van der Waals surface area contributed by atoms with Crippen molar-refractivity contribution in [1.29, 1.82) is 0 Å². The maximum atomic E-state index is 13.0. The lowest BCUT2D eigenvalue weighted by Gasteiger charge is -2.31. The van der Waals surface area contributed by atoms with Gasteiger partial charge in [-0.2, -0.15) is 0 Å². The number of nitrogens with one attached hydrogen (secondary N) is 1. The lowest BCUT2D eigenvalue weighted by molar-refractivity contribution is -0.133. The van der Waals surface area contributed by atoms with Crippen LogP contribution in [0.4, 0.5) is 0 Å². The van der Waals surface area contributed by atoms with Gasteiger partial charge in [-0.05, 0) is 42.5 Å². The van der Waals surface area contributed by atoms with E-state index in [-0.39, 0.29) is 30.2 Å². The Balaban J connectivity index is 1.31. The molecule has 0 atom stereocenters. The van der Waals surface area contributed by atoms with Crippen LogP contribution in [0.1, 0.15) is 36.0 Å². The first-order valence-corrected chi connectivity index (χ1v) is 10.5. The molecule has 2 fully saturated rings. The zero-order valence-corrected chi connectivity index (χ0v) is 16.6. The molecular weight excluding hydrogens is 366 g/mol. The summed E-state index contributed by atoms with van der Waals surface area (Å²) in [5.74, 6) is -0.197. The molecule has 6 nitrogen and oxygen atoms in total. The number of hydrogen-bond donors (Lipinski definition) is 1. The molecule has 2 saturated heterocycles. The molecule has 0 aliphatic carbocycles. The fraction of sp³-hybridized carbons (Fsp3) is 0.435. The molecule has 6 heteroatoms. The fourth-order valence-electron chi connectivity index (χ4n) is 4.31. The van der Waals surface area contributed by atoms with Gasteiger partial charge in [0.25, 0.3) is 5.91 Å². The molecule has 2 aromatic carbocycles. The van der Waals surface area contributed by atoms with Crippen molar-refractivity contribution in [2.24, 2.45) is 5.92 Å². The molecule has 1 N–H and O–H groups in total. The summed E-state index contributed by atoms with van der Waals surface area (Å²) in [4.78, 5) is 41.2. The Morgan fingerprint density at radius 3 is 2.31 bits per heavy atom. The third-order valence-electron chi connectivity index (χ3n) is 6.05. The summed E-state index contributed by atoms with van der Waals surface area (Å²) in [7, 11) is 0. The van der Waals surface area contributed by atoms with Gasteiger partial charge in [0, 0.05) is 37.7 Å². The lowest BCUT2D eigenvalue weighted by Crippen LogP contribution is -2.45. The second-order valence-electron chi connectivity index (χ2n) is 7.90. The van der Waals surface area contributed by atoms with Gasteiger partial charge in [-0.3, -0.25) is 14.4 Å². The van der Waals surface area contributed by atoms with Crippen LogP contribution in [-0.4, -0.2) is 60.2 Å². The van der Waals surface area contributed by atoms with Crippen LogP contribution in [0.25, 0.3) is 10.8 Å². The van der Waals surface area contributed by atoms with E-state index in [1.807, 2.05) is 52.3 Å². The minimum atomic E-state index is -0.141. The average Bonchev–Trinajstić information content (AvgIpc) is 3.31. The topological polar surface area (TPSA) is 69.7 Å². The molecular formula is C23H27N3O3. The monoisotopic (exact) mass is 393 g/mol. The molecule has 0 unspecified atom stereocenters. The smallest absolute Gasteiger partial charge is 0.254 e. The van der Waals surface area contributed by atoms with E-state index in [1.54, 1.807) is 0 Å². The van der Waals surface area contributed by atoms with Crippen LogP contribution in [0, 0.1) is 5.92 Å². The quantitative estimate of drug-likeness (QED) is 0.867. The summed E-state index contributed by atoms with van der Waals surface area (Å²) >= 11 is 0. The van der Waals surface area contributed by atoms with Crippen molar-refractivity contribution >= 4 is 28.5 Å². The summed E-state index contributed by atoms with van der Waals surface area (Å²) < 4.78 is 0. The standard InChI is InChI=1S/C23H27N3O3/c27-21(25-12-3-4-13-25)16-24-22(28)18-10-14-26(15-11-18)23(29)20-9-5-7-17-6-1-2-8-19(17)20/h1-2,5-9,18H,3-4,10-16H2,(H,24,28). The fourth-order valence-corrected chi connectivity index (χ4v) is 4.31. The Bertz CT molecular complexity index is 907. The number of carbonyl (C=O) groups excluding carboxylic acids is 3. The Labute approximate surface area is 170 Å². The van der Waals surface area contributed by atoms with Gasteiger partial charge < -0.3 is 15.1 Å². The molecule has 152 valence electrons. The van der Waals surface area contributed by atoms with Gasteiger partial charge in [0.2, 0.25) is 11.8 Å². The SMILES string of the molecule is O=C(NCC(=O)N1CCCC1)C1CCN(C(=O)c2cccc3ccccc23)CC1. The van der Waals surface area contributed by atoms with Crippen molar-refractivity contribution in [2.75, 3.05) is 32.7 Å². The van der Waals surface area contributed by atoms with Crippen molar-refractivity contribution in [3.05, 3.63) is 48.0 Å². The largest absolute Gasteiger partial charge is 0.347 e. The Hall–Kier alpha value is -2.89. The Morgan fingerprint density at radius 1 is 0.862 bits per heavy atom. The van der Waals surface area contributed by atoms with Gasteiger partial charge >= 0.3 is 0 Å². The molecule has 0 radical (unpaired) electrons. The number of likely N-dealkylation sites (tertiary alicyclic amines) is 2. The van der Waals surface area contributed by atoms with Crippen LogP contribution in [0.5, 0.6) is 0 Å². The van der Waals surface area contributed by atoms with E-state index in [2.05, 4.69) is 5.32 Å². The maximum absolute atomic E-state index is 13.0. The van der Waals surface area contributed by atoms with Gasteiger partial charge in [0.05, 0.1) is 6.54 Å². The van der Waals surface area contributed by atoms with E-state index in [0.29, 0.717) is 31.5 Å². The van der Waals surface area contributed by atoms with Gasteiger partial charge in [-0.25, -0.2) is 0 Å². The number of rotatable bonds is 4. The van der Waals surface area contributed by atoms with E-state index in [4.69, 9.17) is 0 Å². The minimum Gasteiger partial charge on any atom is -0.347 e. The lowest BCUT2D eigenvalue weighted by atomic mass is 9.95. The van der Waals surface area contributed by atoms with Crippen LogP contribution in [-0.2, 0) is 9.59 Å². The molecule has 2 aromatic rings. The van der Waals surface area contributed by atoms with Gasteiger partial charge in [-0.15, -0.1) is 0 Å². The third kappa shape index (κ3) is 4.26. The molecule has 0 spiro atoms. The van der Waals surface area contributed by atoms with Crippen LogP contribution in [0.15, 0.2) is 42.5 Å². The molecule has 29 heavy (non-hydrogen) atoms. The number of fused-ring (bicyclic) bond motifs is 1. The van der Waals surface area contributed by atoms with Crippen LogP contribution >= 0.6 is 0 Å². The zero-order chi connectivity index (χ0) is 20.2. The van der Waals surface area contributed by atoms with E-state index in [9.17, 15) is 14.4 Å². The predicted octanol–water partition coefficient (Wildman–Crippen LogP) is 2.43. The number of hydrogen-bond acceptors (Lipinski definition) is 3. The molecule has 0 bridgehead atoms. The van der Waals surface area contributed by atoms with Gasteiger partial charge in [0.1, 0.15) is 0 Å². The highest BCUT2D eigenvalue weighted by Gasteiger charge is 2.29. The van der Waals surface area contributed by atoms with E-state index < -0.39 is 0 Å². The molecule has 0 saturated carbocycles. The first-order valence-electron chi connectivity index (χ1n) is 10.5. The Morgan fingerprint density at radius 2 is 1.55 bits per heavy atom. The van der Waals surface area contributed by atoms with Crippen LogP contribution in [0.3, 0.4) is 0 Å². The second-order valence-corrected chi connectivity index (χ2v) is 7.90. The molecule has 2 aliphatic heterocycles. The summed E-state index contributed by atoms with van der Waals surface area (Å²) in [6.45, 7) is 2.78. The van der Waals surface area contributed by atoms with E-state index >= 15 is 0 Å². The second kappa shape index (κ2) is 8.64. The van der Waals surface area contributed by atoms with E-state index in [0.717, 1.165) is 36.7 Å². The van der Waals surface area contributed by atoms with Crippen LogP contribution < -0.4 is 5.32 Å². The first kappa shape index (κ1) is 19.4. The molecule has 2 heterocycles. The van der Waals surface area contributed by atoms with Crippen molar-refractivity contribution in [2.45, 2.75) is 25.7 Å². The maximum Gasteiger partial charge on any atom is 0.254 e. The number of amides is 3. The number of benzene rings is 2. The van der Waals surface area contributed by atoms with Crippen molar-refractivity contribution in [3.63, 3.8) is 0 Å². The van der Waals surface area contributed by atoms with E-state index in [1.165, 1.54) is 0 Å². The first-order chi connectivity index (χ1) is 14.1. The normalized spacial score (nSPS) is 17.5. The number of carbonyl (C=O) groups is 3. The highest BCUT2D eigenvalue weighted by atomic mass is 16.2.